The number of ether oxygens (including phenoxy) is 1. The molecule has 0 radical (unpaired) electrons. The van der Waals surface area contributed by atoms with Crippen molar-refractivity contribution in [1.29, 1.82) is 0 Å². The first-order valence-electron chi connectivity index (χ1n) is 10.6. The van der Waals surface area contributed by atoms with Crippen molar-refractivity contribution in [2.45, 2.75) is 31.3 Å². The number of para-hydroxylation sites is 1. The van der Waals surface area contributed by atoms with Gasteiger partial charge in [-0.05, 0) is 18.6 Å². The zero-order valence-electron chi connectivity index (χ0n) is 18.8. The Labute approximate surface area is 198 Å². The first-order valence-corrected chi connectivity index (χ1v) is 11.5. The molecule has 0 bridgehead atoms. The molecule has 0 saturated heterocycles. The van der Waals surface area contributed by atoms with Crippen LogP contribution in [-0.4, -0.2) is 39.2 Å². The molecule has 3 heterocycles. The number of allylic oxidation sites excluding steroid dienone is 1. The summed E-state index contributed by atoms with van der Waals surface area (Å²) in [6.07, 6.45) is 3.79. The monoisotopic (exact) mass is 485 g/mol. The average molecular weight is 486 g/mol. The lowest BCUT2D eigenvalue weighted by Gasteiger charge is -2.10. The molecule has 1 aromatic carbocycles. The van der Waals surface area contributed by atoms with Gasteiger partial charge in [0.05, 0.1) is 6.33 Å². The van der Waals surface area contributed by atoms with Gasteiger partial charge in [0, 0.05) is 32.9 Å². The van der Waals surface area contributed by atoms with E-state index < -0.39 is 11.5 Å². The molecular weight excluding hydrogens is 461 g/mol. The molecule has 0 aliphatic rings. The van der Waals surface area contributed by atoms with E-state index >= 15 is 0 Å². The second-order valence-electron chi connectivity index (χ2n) is 7.55. The largest absolute Gasteiger partial charge is 0.483 e. The highest BCUT2D eigenvalue weighted by Gasteiger charge is 2.16. The Balaban J connectivity index is 1.43. The maximum absolute atomic E-state index is 13.8. The predicted molar refractivity (Wildman–Crippen MR) is 127 cm³/mol. The number of thioether (sulfide) groups is 1. The molecule has 0 amide bonds. The second-order valence-corrected chi connectivity index (χ2v) is 8.61. The minimum atomic E-state index is -0.447. The highest BCUT2D eigenvalue weighted by molar-refractivity contribution is 7.99. The van der Waals surface area contributed by atoms with Crippen molar-refractivity contribution in [3.05, 3.63) is 75.7 Å². The molecule has 0 aliphatic carbocycles. The van der Waals surface area contributed by atoms with Crippen LogP contribution in [0.4, 0.5) is 4.39 Å². The molecule has 4 rings (SSSR count). The van der Waals surface area contributed by atoms with Crippen molar-refractivity contribution in [3.63, 3.8) is 0 Å². The normalized spacial score (nSPS) is 11.3. The minimum Gasteiger partial charge on any atom is -0.483 e. The standard InChI is InChI=1S/C22H24FN7O3S/c1-4-10-29-17(13-33-16-9-6-5-8-15(16)23)25-26-21(29)34-12-7-11-30-20(31)18-19(24-14-27(18)2)28(3)22(30)32/h4-6,8-9,14H,1,7,10-13H2,2-3H3. The van der Waals surface area contributed by atoms with E-state index in [1.54, 1.807) is 42.9 Å². The lowest BCUT2D eigenvalue weighted by Crippen LogP contribution is -2.39. The summed E-state index contributed by atoms with van der Waals surface area (Å²) < 4.78 is 25.4. The fourth-order valence-corrected chi connectivity index (χ4v) is 4.42. The van der Waals surface area contributed by atoms with Crippen LogP contribution in [0.15, 0.2) is 58.0 Å². The highest BCUT2D eigenvalue weighted by Crippen LogP contribution is 2.21. The van der Waals surface area contributed by atoms with Gasteiger partial charge < -0.3 is 9.30 Å². The zero-order chi connectivity index (χ0) is 24.2. The Hall–Kier alpha value is -3.67. The fraction of sp³-hybridized carbons (Fsp3) is 0.318. The number of benzene rings is 1. The third kappa shape index (κ3) is 4.53. The second kappa shape index (κ2) is 10.1. The fourth-order valence-electron chi connectivity index (χ4n) is 3.53. The topological polar surface area (TPSA) is 102 Å². The van der Waals surface area contributed by atoms with Gasteiger partial charge in [-0.25, -0.2) is 14.2 Å². The summed E-state index contributed by atoms with van der Waals surface area (Å²) in [5.41, 5.74) is -0.000125. The Morgan fingerprint density at radius 3 is 2.74 bits per heavy atom. The van der Waals surface area contributed by atoms with E-state index in [-0.39, 0.29) is 24.5 Å². The molecule has 34 heavy (non-hydrogen) atoms. The summed E-state index contributed by atoms with van der Waals surface area (Å²) in [5.74, 6) is 0.833. The molecule has 0 spiro atoms. The lowest BCUT2D eigenvalue weighted by molar-refractivity contribution is 0.275. The van der Waals surface area contributed by atoms with E-state index in [2.05, 4.69) is 21.8 Å². The van der Waals surface area contributed by atoms with E-state index in [0.29, 0.717) is 40.9 Å². The van der Waals surface area contributed by atoms with Crippen molar-refractivity contribution < 1.29 is 9.13 Å². The number of imidazole rings is 1. The Morgan fingerprint density at radius 2 is 1.97 bits per heavy atom. The van der Waals surface area contributed by atoms with Gasteiger partial charge in [-0.2, -0.15) is 0 Å². The number of aromatic nitrogens is 7. The van der Waals surface area contributed by atoms with Gasteiger partial charge in [-0.1, -0.05) is 30.0 Å². The van der Waals surface area contributed by atoms with Gasteiger partial charge in [0.1, 0.15) is 6.61 Å². The molecule has 4 aromatic rings. The first-order chi connectivity index (χ1) is 16.4. The summed E-state index contributed by atoms with van der Waals surface area (Å²) >= 11 is 1.45. The van der Waals surface area contributed by atoms with Crippen LogP contribution in [0.1, 0.15) is 12.2 Å². The van der Waals surface area contributed by atoms with E-state index in [4.69, 9.17) is 4.74 Å². The number of hydrogen-bond acceptors (Lipinski definition) is 7. The Bertz CT molecular complexity index is 1450. The van der Waals surface area contributed by atoms with Gasteiger partial charge >= 0.3 is 5.69 Å². The summed E-state index contributed by atoms with van der Waals surface area (Å²) in [6.45, 7) is 4.55. The minimum absolute atomic E-state index is 0.0541. The number of aryl methyl sites for hydroxylation is 2. The van der Waals surface area contributed by atoms with Crippen molar-refractivity contribution in [2.75, 3.05) is 5.75 Å². The third-order valence-corrected chi connectivity index (χ3v) is 6.31. The van der Waals surface area contributed by atoms with Crippen molar-refractivity contribution in [2.24, 2.45) is 14.1 Å². The Kier molecular flexibility index (Phi) is 6.96. The molecule has 3 aromatic heterocycles. The Morgan fingerprint density at radius 1 is 1.18 bits per heavy atom. The van der Waals surface area contributed by atoms with Crippen molar-refractivity contribution >= 4 is 22.9 Å². The smallest absolute Gasteiger partial charge is 0.332 e. The van der Waals surface area contributed by atoms with E-state index in [1.165, 1.54) is 33.3 Å². The molecule has 0 aliphatic heterocycles. The molecule has 0 N–H and O–H groups in total. The van der Waals surface area contributed by atoms with Crippen molar-refractivity contribution in [3.8, 4) is 5.75 Å². The van der Waals surface area contributed by atoms with Crippen LogP contribution in [0.3, 0.4) is 0 Å². The molecule has 178 valence electrons. The molecule has 0 fully saturated rings. The van der Waals surface area contributed by atoms with Crippen molar-refractivity contribution in [1.82, 2.24) is 33.4 Å². The average Bonchev–Trinajstić information content (AvgIpc) is 3.40. The summed E-state index contributed by atoms with van der Waals surface area (Å²) in [6, 6.07) is 6.17. The van der Waals surface area contributed by atoms with Crippen LogP contribution in [0.5, 0.6) is 5.75 Å². The summed E-state index contributed by atoms with van der Waals surface area (Å²) in [5, 5.41) is 9.04. The number of fused-ring (bicyclic) bond motifs is 1. The lowest BCUT2D eigenvalue weighted by atomic mass is 10.3. The van der Waals surface area contributed by atoms with E-state index in [9.17, 15) is 14.0 Å². The number of hydrogen-bond donors (Lipinski definition) is 0. The molecule has 0 atom stereocenters. The van der Waals surface area contributed by atoms with Crippen LogP contribution in [0, 0.1) is 5.82 Å². The molecule has 0 saturated carbocycles. The number of nitrogens with zero attached hydrogens (tertiary/aromatic N) is 7. The van der Waals surface area contributed by atoms with Crippen LogP contribution in [-0.2, 0) is 33.8 Å². The van der Waals surface area contributed by atoms with Crippen LogP contribution < -0.4 is 16.0 Å². The van der Waals surface area contributed by atoms with Gasteiger partial charge in [0.2, 0.25) is 0 Å². The van der Waals surface area contributed by atoms with Crippen LogP contribution >= 0.6 is 11.8 Å². The zero-order valence-corrected chi connectivity index (χ0v) is 19.7. The maximum atomic E-state index is 13.8. The molecule has 0 unspecified atom stereocenters. The molecular formula is C22H24FN7O3S. The summed E-state index contributed by atoms with van der Waals surface area (Å²) in [4.78, 5) is 29.6. The van der Waals surface area contributed by atoms with E-state index in [1.807, 2.05) is 4.57 Å². The molecule has 10 nitrogen and oxygen atoms in total. The number of rotatable bonds is 10. The highest BCUT2D eigenvalue weighted by atomic mass is 32.2. The SMILES string of the molecule is C=CCn1c(COc2ccccc2F)nnc1SCCCn1c(=O)c2c(ncn2C)n(C)c1=O. The predicted octanol–water partition coefficient (Wildman–Crippen LogP) is 2.11. The van der Waals surface area contributed by atoms with Gasteiger partial charge in [-0.3, -0.25) is 18.5 Å². The molecule has 12 heteroatoms. The van der Waals surface area contributed by atoms with Gasteiger partial charge in [0.25, 0.3) is 5.56 Å². The number of halogens is 1. The van der Waals surface area contributed by atoms with Crippen LogP contribution in [0.25, 0.3) is 11.2 Å². The maximum Gasteiger partial charge on any atom is 0.332 e. The quantitative estimate of drug-likeness (QED) is 0.193. The first kappa shape index (κ1) is 23.5. The van der Waals surface area contributed by atoms with Crippen LogP contribution in [0.2, 0.25) is 0 Å². The van der Waals surface area contributed by atoms with Gasteiger partial charge in [0.15, 0.2) is 33.7 Å². The third-order valence-electron chi connectivity index (χ3n) is 5.26. The summed E-state index contributed by atoms with van der Waals surface area (Å²) in [7, 11) is 3.33. The van der Waals surface area contributed by atoms with Gasteiger partial charge in [-0.15, -0.1) is 16.8 Å². The van der Waals surface area contributed by atoms with E-state index in [0.717, 1.165) is 0 Å².